The summed E-state index contributed by atoms with van der Waals surface area (Å²) in [4.78, 5) is 23.3. The van der Waals surface area contributed by atoms with Gasteiger partial charge in [0, 0.05) is 31.0 Å². The quantitative estimate of drug-likeness (QED) is 0.801. The van der Waals surface area contributed by atoms with E-state index >= 15 is 0 Å². The third kappa shape index (κ3) is 2.77. The predicted molar refractivity (Wildman–Crippen MR) is 88.7 cm³/mol. The van der Waals surface area contributed by atoms with Gasteiger partial charge >= 0.3 is 0 Å². The summed E-state index contributed by atoms with van der Waals surface area (Å²) in [6, 6.07) is 9.81. The average molecular weight is 305 g/mol. The van der Waals surface area contributed by atoms with Crippen LogP contribution in [0.1, 0.15) is 23.2 Å². The van der Waals surface area contributed by atoms with Crippen molar-refractivity contribution >= 4 is 5.91 Å². The Morgan fingerprint density at radius 3 is 2.17 bits per heavy atom. The molecule has 4 rings (SSSR count). The van der Waals surface area contributed by atoms with Crippen LogP contribution in [0.2, 0.25) is 0 Å². The molecule has 0 unspecified atom stereocenters. The van der Waals surface area contributed by atoms with Gasteiger partial charge in [-0.15, -0.1) is 0 Å². The molecule has 2 aliphatic rings. The Morgan fingerprint density at radius 2 is 1.57 bits per heavy atom. The highest BCUT2D eigenvalue weighted by molar-refractivity contribution is 5.94. The Balaban J connectivity index is 1.49. The van der Waals surface area contributed by atoms with Crippen molar-refractivity contribution in [3.05, 3.63) is 60.4 Å². The van der Waals surface area contributed by atoms with Gasteiger partial charge in [0.2, 0.25) is 0 Å². The molecule has 0 radical (unpaired) electrons. The highest BCUT2D eigenvalue weighted by Gasteiger charge is 2.35. The Kier molecular flexibility index (Phi) is 3.66. The van der Waals surface area contributed by atoms with Crippen LogP contribution in [0.15, 0.2) is 54.9 Å². The van der Waals surface area contributed by atoms with E-state index in [9.17, 15) is 4.79 Å². The molecule has 23 heavy (non-hydrogen) atoms. The van der Waals surface area contributed by atoms with Crippen LogP contribution in [0, 0.1) is 11.8 Å². The van der Waals surface area contributed by atoms with Gasteiger partial charge in [-0.2, -0.15) is 0 Å². The number of nitrogens with zero attached hydrogens (tertiary/aromatic N) is 3. The van der Waals surface area contributed by atoms with Crippen LogP contribution >= 0.6 is 0 Å². The smallest absolute Gasteiger partial charge is 0.257 e. The normalized spacial score (nSPS) is 22.9. The summed E-state index contributed by atoms with van der Waals surface area (Å²) < 4.78 is 0. The predicted octanol–water partition coefficient (Wildman–Crippen LogP) is 3.18. The average Bonchev–Trinajstić information content (AvgIpc) is 3.06. The number of aromatic nitrogens is 2. The molecule has 4 heteroatoms. The molecule has 0 spiro atoms. The maximum absolute atomic E-state index is 12.7. The van der Waals surface area contributed by atoms with Crippen LogP contribution in [0.3, 0.4) is 0 Å². The second-order valence-corrected chi connectivity index (χ2v) is 6.33. The van der Waals surface area contributed by atoms with Gasteiger partial charge in [-0.1, -0.05) is 42.5 Å². The largest absolute Gasteiger partial charge is 0.338 e. The molecule has 1 aliphatic carbocycles. The SMILES string of the molecule is O=C(c1cnc(-c2ccccc2)nc1)N1C[C@@H]2CC=CC[C@H]2C1. The number of likely N-dealkylation sites (tertiary alicyclic amines) is 1. The lowest BCUT2D eigenvalue weighted by molar-refractivity contribution is 0.0783. The fourth-order valence-corrected chi connectivity index (χ4v) is 3.54. The lowest BCUT2D eigenvalue weighted by Crippen LogP contribution is -2.29. The molecule has 4 nitrogen and oxygen atoms in total. The van der Waals surface area contributed by atoms with Gasteiger partial charge in [0.25, 0.3) is 5.91 Å². The molecule has 1 fully saturated rings. The first kappa shape index (κ1) is 14.1. The van der Waals surface area contributed by atoms with Crippen LogP contribution in [-0.2, 0) is 0 Å². The van der Waals surface area contributed by atoms with Crippen molar-refractivity contribution in [1.82, 2.24) is 14.9 Å². The second kappa shape index (κ2) is 5.95. The zero-order chi connectivity index (χ0) is 15.6. The van der Waals surface area contributed by atoms with E-state index in [1.54, 1.807) is 12.4 Å². The lowest BCUT2D eigenvalue weighted by atomic mass is 9.86. The fraction of sp³-hybridized carbons (Fsp3) is 0.316. The number of hydrogen-bond acceptors (Lipinski definition) is 3. The van der Waals surface area contributed by atoms with Crippen LogP contribution in [-0.4, -0.2) is 33.9 Å². The van der Waals surface area contributed by atoms with Gasteiger partial charge in [-0.3, -0.25) is 4.79 Å². The summed E-state index contributed by atoms with van der Waals surface area (Å²) in [5.41, 5.74) is 1.54. The molecule has 116 valence electrons. The summed E-state index contributed by atoms with van der Waals surface area (Å²) in [7, 11) is 0. The minimum atomic E-state index is 0.0546. The molecular formula is C19H19N3O. The van der Waals surface area contributed by atoms with E-state index in [4.69, 9.17) is 0 Å². The first-order valence-corrected chi connectivity index (χ1v) is 8.13. The van der Waals surface area contributed by atoms with Gasteiger partial charge in [0.1, 0.15) is 0 Å². The summed E-state index contributed by atoms with van der Waals surface area (Å²) in [5, 5.41) is 0. The second-order valence-electron chi connectivity index (χ2n) is 6.33. The first-order valence-electron chi connectivity index (χ1n) is 8.13. The van der Waals surface area contributed by atoms with E-state index in [0.29, 0.717) is 23.2 Å². The lowest BCUT2D eigenvalue weighted by Gasteiger charge is -2.17. The maximum Gasteiger partial charge on any atom is 0.257 e. The minimum Gasteiger partial charge on any atom is -0.338 e. The van der Waals surface area contributed by atoms with Crippen LogP contribution in [0.4, 0.5) is 0 Å². The van der Waals surface area contributed by atoms with Crippen molar-refractivity contribution in [3.8, 4) is 11.4 Å². The number of carbonyl (C=O) groups is 1. The Morgan fingerprint density at radius 1 is 0.957 bits per heavy atom. The molecule has 1 aromatic carbocycles. The third-order valence-electron chi connectivity index (χ3n) is 4.84. The number of fused-ring (bicyclic) bond motifs is 1. The maximum atomic E-state index is 12.7. The van der Waals surface area contributed by atoms with Crippen LogP contribution in [0.5, 0.6) is 0 Å². The standard InChI is InChI=1S/C19H19N3O/c23-19(22-12-15-8-4-5-9-16(15)13-22)17-10-20-18(21-11-17)14-6-2-1-3-7-14/h1-7,10-11,15-16H,8-9,12-13H2/t15-,16-/m0/s1. The molecule has 1 aliphatic heterocycles. The molecule has 1 saturated heterocycles. The molecule has 1 aromatic heterocycles. The summed E-state index contributed by atoms with van der Waals surface area (Å²) in [5.74, 6) is 1.95. The minimum absolute atomic E-state index is 0.0546. The van der Waals surface area contributed by atoms with Gasteiger partial charge in [-0.05, 0) is 24.7 Å². The van der Waals surface area contributed by atoms with E-state index in [2.05, 4.69) is 22.1 Å². The zero-order valence-electron chi connectivity index (χ0n) is 12.9. The molecule has 1 amide bonds. The first-order chi connectivity index (χ1) is 11.3. The number of carbonyl (C=O) groups excluding carboxylic acids is 1. The Labute approximate surface area is 135 Å². The summed E-state index contributed by atoms with van der Waals surface area (Å²) in [6.45, 7) is 1.71. The van der Waals surface area contributed by atoms with E-state index in [0.717, 1.165) is 31.5 Å². The molecule has 2 heterocycles. The zero-order valence-corrected chi connectivity index (χ0v) is 12.9. The topological polar surface area (TPSA) is 46.1 Å². The Bertz CT molecular complexity index is 708. The van der Waals surface area contributed by atoms with Crippen LogP contribution in [0.25, 0.3) is 11.4 Å². The van der Waals surface area contributed by atoms with Gasteiger partial charge < -0.3 is 4.90 Å². The van der Waals surface area contributed by atoms with E-state index in [-0.39, 0.29) is 5.91 Å². The van der Waals surface area contributed by atoms with Crippen molar-refractivity contribution in [2.75, 3.05) is 13.1 Å². The third-order valence-corrected chi connectivity index (χ3v) is 4.84. The number of allylic oxidation sites excluding steroid dienone is 2. The van der Waals surface area contributed by atoms with Gasteiger partial charge in [0.05, 0.1) is 5.56 Å². The number of rotatable bonds is 2. The van der Waals surface area contributed by atoms with E-state index < -0.39 is 0 Å². The van der Waals surface area contributed by atoms with Crippen molar-refractivity contribution in [3.63, 3.8) is 0 Å². The van der Waals surface area contributed by atoms with Crippen molar-refractivity contribution in [2.24, 2.45) is 11.8 Å². The van der Waals surface area contributed by atoms with Crippen LogP contribution < -0.4 is 0 Å². The Hall–Kier alpha value is -2.49. The highest BCUT2D eigenvalue weighted by Crippen LogP contribution is 2.33. The number of benzene rings is 1. The molecule has 2 atom stereocenters. The number of hydrogen-bond donors (Lipinski definition) is 0. The molecular weight excluding hydrogens is 286 g/mol. The van der Waals surface area contributed by atoms with Gasteiger partial charge in [0.15, 0.2) is 5.82 Å². The van der Waals surface area contributed by atoms with Crippen molar-refractivity contribution < 1.29 is 4.79 Å². The monoisotopic (exact) mass is 305 g/mol. The van der Waals surface area contributed by atoms with Crippen molar-refractivity contribution in [2.45, 2.75) is 12.8 Å². The molecule has 0 saturated carbocycles. The summed E-state index contributed by atoms with van der Waals surface area (Å²) >= 11 is 0. The van der Waals surface area contributed by atoms with Crippen molar-refractivity contribution in [1.29, 1.82) is 0 Å². The summed E-state index contributed by atoms with van der Waals surface area (Å²) in [6.07, 6.45) is 9.98. The molecule has 0 bridgehead atoms. The van der Waals surface area contributed by atoms with E-state index in [1.165, 1.54) is 0 Å². The molecule has 2 aromatic rings. The fourth-order valence-electron chi connectivity index (χ4n) is 3.54. The highest BCUT2D eigenvalue weighted by atomic mass is 16.2. The van der Waals surface area contributed by atoms with Gasteiger partial charge in [-0.25, -0.2) is 9.97 Å². The van der Waals surface area contributed by atoms with E-state index in [1.807, 2.05) is 35.2 Å². The molecule has 0 N–H and O–H groups in total. The number of amides is 1.